The molecule has 0 bridgehead atoms. The third kappa shape index (κ3) is 1.86. The zero-order chi connectivity index (χ0) is 11.8. The van der Waals surface area contributed by atoms with Gasteiger partial charge in [0.2, 0.25) is 0 Å². The molecule has 1 fully saturated rings. The van der Waals surface area contributed by atoms with Crippen LogP contribution in [0.15, 0.2) is 30.3 Å². The molecule has 88 valence electrons. The van der Waals surface area contributed by atoms with Crippen LogP contribution >= 0.6 is 0 Å². The molecular formula is C13H19NO2. The van der Waals surface area contributed by atoms with E-state index in [1.54, 1.807) is 7.05 Å². The predicted octanol–water partition coefficient (Wildman–Crippen LogP) is 2.48. The number of rotatable bonds is 1. The minimum absolute atomic E-state index is 0.00922. The van der Waals surface area contributed by atoms with Crippen LogP contribution in [0, 0.1) is 5.21 Å². The van der Waals surface area contributed by atoms with Crippen LogP contribution in [0.3, 0.4) is 0 Å². The fourth-order valence-electron chi connectivity index (χ4n) is 2.22. The van der Waals surface area contributed by atoms with Crippen molar-refractivity contribution in [2.24, 2.45) is 0 Å². The summed E-state index contributed by atoms with van der Waals surface area (Å²) >= 11 is 0. The van der Waals surface area contributed by atoms with Crippen molar-refractivity contribution in [1.29, 1.82) is 0 Å². The molecule has 0 aromatic heterocycles. The molecule has 1 heterocycles. The Labute approximate surface area is 96.8 Å². The molecule has 1 saturated heterocycles. The molecule has 0 spiro atoms. The van der Waals surface area contributed by atoms with E-state index in [1.807, 2.05) is 44.2 Å². The van der Waals surface area contributed by atoms with Crippen molar-refractivity contribution in [3.8, 4) is 0 Å². The van der Waals surface area contributed by atoms with Gasteiger partial charge in [-0.1, -0.05) is 30.3 Å². The molecule has 16 heavy (non-hydrogen) atoms. The number of hydroxylamine groups is 3. The third-order valence-electron chi connectivity index (χ3n) is 3.77. The van der Waals surface area contributed by atoms with E-state index in [1.165, 1.54) is 0 Å². The first-order valence-corrected chi connectivity index (χ1v) is 5.77. The van der Waals surface area contributed by atoms with E-state index in [9.17, 15) is 5.21 Å². The molecule has 3 nitrogen and oxygen atoms in total. The fraction of sp³-hybridized carbons (Fsp3) is 0.538. The monoisotopic (exact) mass is 221 g/mol. The number of nitrogens with zero attached hydrogens (tertiary/aromatic N) is 1. The number of likely N-dealkylation sites (N-methyl/N-ethyl adjacent to an activating group) is 1. The van der Waals surface area contributed by atoms with Gasteiger partial charge in [-0.2, -0.15) is 0 Å². The van der Waals surface area contributed by atoms with Gasteiger partial charge in [-0.25, -0.2) is 0 Å². The summed E-state index contributed by atoms with van der Waals surface area (Å²) in [4.78, 5) is 0. The third-order valence-corrected chi connectivity index (χ3v) is 3.77. The number of benzene rings is 1. The van der Waals surface area contributed by atoms with Crippen LogP contribution in [0.2, 0.25) is 0 Å². The smallest absolute Gasteiger partial charge is 0.134 e. The minimum Gasteiger partial charge on any atom is -0.632 e. The Morgan fingerprint density at radius 3 is 2.50 bits per heavy atom. The number of quaternary nitrogens is 1. The Kier molecular flexibility index (Phi) is 3.02. The Hall–Kier alpha value is -0.900. The first-order valence-electron chi connectivity index (χ1n) is 5.77. The van der Waals surface area contributed by atoms with Crippen molar-refractivity contribution in [3.05, 3.63) is 41.1 Å². The SMILES string of the molecule is C[C@@H]1CO[C@H](c2ccccc2)[C@H](C)[N+]1(C)[O-]. The summed E-state index contributed by atoms with van der Waals surface area (Å²) in [6.07, 6.45) is -0.0834. The standard InChI is InChI=1S/C13H19NO2/c1-10-9-16-13(11(2)14(10,3)15)12-7-5-4-6-8-12/h4-8,10-11,13H,9H2,1-3H3/t10-,11+,13+,14?/m1/s1. The van der Waals surface area contributed by atoms with Crippen LogP contribution in [-0.4, -0.2) is 30.4 Å². The van der Waals surface area contributed by atoms with Gasteiger partial charge >= 0.3 is 0 Å². The molecular weight excluding hydrogens is 202 g/mol. The molecule has 0 radical (unpaired) electrons. The molecule has 4 atom stereocenters. The van der Waals surface area contributed by atoms with Gasteiger partial charge in [-0.3, -0.25) is 0 Å². The second kappa shape index (κ2) is 4.17. The highest BCUT2D eigenvalue weighted by molar-refractivity contribution is 5.18. The lowest BCUT2D eigenvalue weighted by Gasteiger charge is -2.54. The van der Waals surface area contributed by atoms with E-state index in [-0.39, 0.29) is 22.8 Å². The summed E-state index contributed by atoms with van der Waals surface area (Å²) < 4.78 is 5.59. The topological polar surface area (TPSA) is 32.3 Å². The van der Waals surface area contributed by atoms with Crippen LogP contribution in [0.25, 0.3) is 0 Å². The number of ether oxygens (including phenoxy) is 1. The molecule has 0 saturated carbocycles. The van der Waals surface area contributed by atoms with E-state index >= 15 is 0 Å². The molecule has 1 aliphatic heterocycles. The molecule has 3 heteroatoms. The van der Waals surface area contributed by atoms with Crippen molar-refractivity contribution in [1.82, 2.24) is 0 Å². The van der Waals surface area contributed by atoms with Crippen molar-refractivity contribution in [2.75, 3.05) is 13.7 Å². The summed E-state index contributed by atoms with van der Waals surface area (Å²) in [5, 5.41) is 12.4. The first kappa shape index (κ1) is 11.6. The van der Waals surface area contributed by atoms with Gasteiger partial charge in [0.15, 0.2) is 0 Å². The van der Waals surface area contributed by atoms with Crippen molar-refractivity contribution < 1.29 is 9.38 Å². The van der Waals surface area contributed by atoms with Crippen LogP contribution in [-0.2, 0) is 4.74 Å². The lowest BCUT2D eigenvalue weighted by molar-refractivity contribution is -0.921. The van der Waals surface area contributed by atoms with Gasteiger partial charge in [0.1, 0.15) is 18.2 Å². The minimum atomic E-state index is -0.223. The quantitative estimate of drug-likeness (QED) is 0.539. The van der Waals surface area contributed by atoms with Crippen molar-refractivity contribution in [3.63, 3.8) is 0 Å². The second-order valence-corrected chi connectivity index (χ2v) is 4.81. The maximum absolute atomic E-state index is 12.4. The van der Waals surface area contributed by atoms with Gasteiger partial charge < -0.3 is 14.6 Å². The molecule has 1 aliphatic rings. The summed E-state index contributed by atoms with van der Waals surface area (Å²) in [7, 11) is 1.74. The van der Waals surface area contributed by atoms with Gasteiger partial charge in [0.25, 0.3) is 0 Å². The average Bonchev–Trinajstić information content (AvgIpc) is 2.28. The van der Waals surface area contributed by atoms with E-state index in [0.29, 0.717) is 6.61 Å². The van der Waals surface area contributed by atoms with Crippen LogP contribution in [0.1, 0.15) is 25.5 Å². The zero-order valence-corrected chi connectivity index (χ0v) is 10.1. The largest absolute Gasteiger partial charge is 0.632 e. The lowest BCUT2D eigenvalue weighted by atomic mass is 9.99. The van der Waals surface area contributed by atoms with Crippen LogP contribution in [0.5, 0.6) is 0 Å². The van der Waals surface area contributed by atoms with Gasteiger partial charge in [0, 0.05) is 0 Å². The lowest BCUT2D eigenvalue weighted by Crippen LogP contribution is -2.59. The molecule has 1 unspecified atom stereocenters. The molecule has 0 N–H and O–H groups in total. The fourth-order valence-corrected chi connectivity index (χ4v) is 2.22. The van der Waals surface area contributed by atoms with Crippen LogP contribution in [0.4, 0.5) is 0 Å². The van der Waals surface area contributed by atoms with Gasteiger partial charge in [-0.05, 0) is 19.4 Å². The Bertz CT molecular complexity index is 350. The highest BCUT2D eigenvalue weighted by Gasteiger charge is 2.39. The highest BCUT2D eigenvalue weighted by Crippen LogP contribution is 2.34. The van der Waals surface area contributed by atoms with E-state index in [4.69, 9.17) is 4.74 Å². The first-order chi connectivity index (χ1) is 7.53. The average molecular weight is 221 g/mol. The molecule has 0 amide bonds. The van der Waals surface area contributed by atoms with Gasteiger partial charge in [0.05, 0.1) is 13.7 Å². The van der Waals surface area contributed by atoms with E-state index < -0.39 is 0 Å². The van der Waals surface area contributed by atoms with Gasteiger partial charge in [-0.15, -0.1) is 0 Å². The van der Waals surface area contributed by atoms with Crippen molar-refractivity contribution in [2.45, 2.75) is 32.0 Å². The summed E-state index contributed by atoms with van der Waals surface area (Å²) in [6, 6.07) is 9.94. The Balaban J connectivity index is 2.25. The highest BCUT2D eigenvalue weighted by atomic mass is 16.6. The van der Waals surface area contributed by atoms with Crippen molar-refractivity contribution >= 4 is 0 Å². The molecule has 0 aliphatic carbocycles. The number of hydrogen-bond acceptors (Lipinski definition) is 2. The second-order valence-electron chi connectivity index (χ2n) is 4.81. The Morgan fingerprint density at radius 2 is 1.88 bits per heavy atom. The number of hydrogen-bond donors (Lipinski definition) is 0. The maximum Gasteiger partial charge on any atom is 0.134 e. The molecule has 1 aromatic rings. The summed E-state index contributed by atoms with van der Waals surface area (Å²) in [5.41, 5.74) is 1.10. The van der Waals surface area contributed by atoms with Crippen LogP contribution < -0.4 is 0 Å². The molecule has 1 aromatic carbocycles. The normalized spacial score (nSPS) is 39.6. The zero-order valence-electron chi connectivity index (χ0n) is 10.1. The predicted molar refractivity (Wildman–Crippen MR) is 63.6 cm³/mol. The summed E-state index contributed by atoms with van der Waals surface area (Å²) in [6.45, 7) is 4.45. The summed E-state index contributed by atoms with van der Waals surface area (Å²) in [5.74, 6) is 0. The molecule has 2 rings (SSSR count). The van der Waals surface area contributed by atoms with E-state index in [2.05, 4.69) is 0 Å². The van der Waals surface area contributed by atoms with E-state index in [0.717, 1.165) is 5.56 Å². The number of morpholine rings is 1. The maximum atomic E-state index is 12.4. The Morgan fingerprint density at radius 1 is 1.25 bits per heavy atom.